The summed E-state index contributed by atoms with van der Waals surface area (Å²) in [5.74, 6) is 0.583. The molecule has 0 saturated heterocycles. The van der Waals surface area contributed by atoms with Crippen molar-refractivity contribution in [1.29, 1.82) is 0 Å². The zero-order chi connectivity index (χ0) is 19.0. The summed E-state index contributed by atoms with van der Waals surface area (Å²) < 4.78 is 10.8. The second-order valence-electron chi connectivity index (χ2n) is 6.45. The van der Waals surface area contributed by atoms with E-state index in [1.165, 1.54) is 6.20 Å². The number of rotatable bonds is 6. The van der Waals surface area contributed by atoms with Gasteiger partial charge in [0, 0.05) is 19.3 Å². The monoisotopic (exact) mass is 357 g/mol. The Hall–Kier alpha value is -3.09. The predicted octanol–water partition coefficient (Wildman–Crippen LogP) is 3.13. The number of amides is 2. The summed E-state index contributed by atoms with van der Waals surface area (Å²) in [6.45, 7) is 5.82. The smallest absolute Gasteiger partial charge is 0.407 e. The first-order chi connectivity index (χ1) is 12.3. The summed E-state index contributed by atoms with van der Waals surface area (Å²) in [5.41, 5.74) is -0.390. The number of para-hydroxylation sites is 1. The molecule has 2 amide bonds. The number of carbonyl (C=O) groups is 2. The molecule has 1 heterocycles. The van der Waals surface area contributed by atoms with Crippen molar-refractivity contribution in [2.75, 3.05) is 13.1 Å². The first-order valence-electron chi connectivity index (χ1n) is 8.28. The van der Waals surface area contributed by atoms with Crippen LogP contribution in [0.4, 0.5) is 4.79 Å². The van der Waals surface area contributed by atoms with Gasteiger partial charge in [-0.2, -0.15) is 0 Å². The highest BCUT2D eigenvalue weighted by molar-refractivity contribution is 5.95. The van der Waals surface area contributed by atoms with E-state index in [9.17, 15) is 9.59 Å². The van der Waals surface area contributed by atoms with E-state index in [4.69, 9.17) is 9.47 Å². The van der Waals surface area contributed by atoms with Crippen molar-refractivity contribution in [1.82, 2.24) is 15.6 Å². The predicted molar refractivity (Wildman–Crippen MR) is 97.3 cm³/mol. The number of pyridine rings is 1. The number of carbonyl (C=O) groups excluding carboxylic acids is 2. The number of nitrogens with one attached hydrogen (secondary N) is 2. The molecule has 0 radical (unpaired) electrons. The number of benzene rings is 1. The molecule has 0 unspecified atom stereocenters. The van der Waals surface area contributed by atoms with Gasteiger partial charge in [-0.25, -0.2) is 9.78 Å². The third-order valence-electron chi connectivity index (χ3n) is 3.04. The van der Waals surface area contributed by atoms with Gasteiger partial charge in [0.25, 0.3) is 5.91 Å². The van der Waals surface area contributed by atoms with Crippen molar-refractivity contribution in [3.05, 3.63) is 54.4 Å². The molecule has 26 heavy (non-hydrogen) atoms. The second-order valence-corrected chi connectivity index (χ2v) is 6.45. The van der Waals surface area contributed by atoms with Crippen molar-refractivity contribution in [3.8, 4) is 11.5 Å². The number of aromatic nitrogens is 1. The Labute approximate surface area is 152 Å². The quantitative estimate of drug-likeness (QED) is 0.775. The topological polar surface area (TPSA) is 89.6 Å². The van der Waals surface area contributed by atoms with Crippen LogP contribution < -0.4 is 15.4 Å². The van der Waals surface area contributed by atoms with Crippen LogP contribution in [0, 0.1) is 0 Å². The molecule has 2 N–H and O–H groups in total. The number of alkyl carbamates (subject to hydrolysis) is 1. The van der Waals surface area contributed by atoms with Crippen LogP contribution in [0.3, 0.4) is 0 Å². The third kappa shape index (κ3) is 6.43. The lowest BCUT2D eigenvalue weighted by atomic mass is 10.2. The molecular weight excluding hydrogens is 334 g/mol. The van der Waals surface area contributed by atoms with Gasteiger partial charge in [0.15, 0.2) is 11.4 Å². The van der Waals surface area contributed by atoms with Crippen LogP contribution in [0.2, 0.25) is 0 Å². The van der Waals surface area contributed by atoms with E-state index in [0.717, 1.165) is 0 Å². The van der Waals surface area contributed by atoms with Crippen LogP contribution >= 0.6 is 0 Å². The van der Waals surface area contributed by atoms with E-state index in [2.05, 4.69) is 15.6 Å². The fourth-order valence-corrected chi connectivity index (χ4v) is 2.00. The highest BCUT2D eigenvalue weighted by atomic mass is 16.6. The van der Waals surface area contributed by atoms with Gasteiger partial charge in [-0.05, 0) is 45.0 Å². The van der Waals surface area contributed by atoms with Crippen LogP contribution in [0.15, 0.2) is 48.7 Å². The molecular formula is C19H23N3O4. The number of nitrogens with zero attached hydrogens (tertiary/aromatic N) is 1. The molecule has 1 aromatic heterocycles. The first-order valence-corrected chi connectivity index (χ1v) is 8.28. The molecule has 0 atom stereocenters. The van der Waals surface area contributed by atoms with Crippen molar-refractivity contribution < 1.29 is 19.1 Å². The van der Waals surface area contributed by atoms with E-state index < -0.39 is 11.7 Å². The largest absolute Gasteiger partial charge is 0.455 e. The number of hydrogen-bond acceptors (Lipinski definition) is 5. The molecule has 7 heteroatoms. The maximum absolute atomic E-state index is 12.3. The average molecular weight is 357 g/mol. The highest BCUT2D eigenvalue weighted by Gasteiger charge is 2.16. The van der Waals surface area contributed by atoms with Gasteiger partial charge >= 0.3 is 6.09 Å². The maximum Gasteiger partial charge on any atom is 0.407 e. The lowest BCUT2D eigenvalue weighted by molar-refractivity contribution is 0.0526. The van der Waals surface area contributed by atoms with Crippen molar-refractivity contribution >= 4 is 12.0 Å². The molecule has 0 aliphatic heterocycles. The first kappa shape index (κ1) is 19.2. The Balaban J connectivity index is 1.87. The van der Waals surface area contributed by atoms with Crippen molar-refractivity contribution in [2.45, 2.75) is 26.4 Å². The minimum atomic E-state index is -0.565. The Morgan fingerprint density at radius 2 is 1.69 bits per heavy atom. The Morgan fingerprint density at radius 3 is 2.38 bits per heavy atom. The standard InChI is InChI=1S/C19H23N3O4/c1-19(2,3)26-18(24)22-13-12-21-17(23)16-15(10-7-11-20-16)25-14-8-5-4-6-9-14/h4-11H,12-13H2,1-3H3,(H,21,23)(H,22,24). The van der Waals surface area contributed by atoms with Crippen molar-refractivity contribution in [2.24, 2.45) is 0 Å². The Morgan fingerprint density at radius 1 is 1.00 bits per heavy atom. The van der Waals surface area contributed by atoms with Gasteiger partial charge in [-0.15, -0.1) is 0 Å². The van der Waals surface area contributed by atoms with E-state index in [-0.39, 0.29) is 24.7 Å². The van der Waals surface area contributed by atoms with Crippen molar-refractivity contribution in [3.63, 3.8) is 0 Å². The third-order valence-corrected chi connectivity index (χ3v) is 3.04. The van der Waals surface area contributed by atoms with Gasteiger partial charge in [0.2, 0.25) is 0 Å². The fraction of sp³-hybridized carbons (Fsp3) is 0.316. The second kappa shape index (κ2) is 8.84. The van der Waals surface area contributed by atoms with Crippen LogP contribution in [0.5, 0.6) is 11.5 Å². The molecule has 0 spiro atoms. The molecule has 0 aliphatic carbocycles. The summed E-state index contributed by atoms with van der Waals surface area (Å²) in [4.78, 5) is 28.0. The minimum absolute atomic E-state index is 0.175. The molecule has 0 bridgehead atoms. The van der Waals surface area contributed by atoms with Gasteiger partial charge in [-0.1, -0.05) is 18.2 Å². The summed E-state index contributed by atoms with van der Waals surface area (Å²) in [6.07, 6.45) is 0.990. The molecule has 7 nitrogen and oxygen atoms in total. The number of ether oxygens (including phenoxy) is 2. The van der Waals surface area contributed by atoms with E-state index >= 15 is 0 Å². The Kier molecular flexibility index (Phi) is 6.54. The summed E-state index contributed by atoms with van der Waals surface area (Å²) in [7, 11) is 0. The minimum Gasteiger partial charge on any atom is -0.455 e. The molecule has 0 fully saturated rings. The van der Waals surface area contributed by atoms with Gasteiger partial charge in [-0.3, -0.25) is 4.79 Å². The Bertz CT molecular complexity index is 742. The summed E-state index contributed by atoms with van der Waals surface area (Å²) >= 11 is 0. The van der Waals surface area contributed by atoms with Crippen LogP contribution in [-0.4, -0.2) is 35.7 Å². The lowest BCUT2D eigenvalue weighted by Crippen LogP contribution is -2.38. The van der Waals surface area contributed by atoms with Gasteiger partial charge < -0.3 is 20.1 Å². The molecule has 1 aromatic carbocycles. The molecule has 0 aliphatic rings. The van der Waals surface area contributed by atoms with Gasteiger partial charge in [0.05, 0.1) is 0 Å². The van der Waals surface area contributed by atoms with E-state index in [1.54, 1.807) is 45.0 Å². The fourth-order valence-electron chi connectivity index (χ4n) is 2.00. The maximum atomic E-state index is 12.3. The SMILES string of the molecule is CC(C)(C)OC(=O)NCCNC(=O)c1ncccc1Oc1ccccc1. The van der Waals surface area contributed by atoms with E-state index in [1.807, 2.05) is 18.2 Å². The zero-order valence-electron chi connectivity index (χ0n) is 15.1. The molecule has 0 saturated carbocycles. The highest BCUT2D eigenvalue weighted by Crippen LogP contribution is 2.23. The lowest BCUT2D eigenvalue weighted by Gasteiger charge is -2.19. The van der Waals surface area contributed by atoms with E-state index in [0.29, 0.717) is 11.5 Å². The van der Waals surface area contributed by atoms with Gasteiger partial charge in [0.1, 0.15) is 11.4 Å². The average Bonchev–Trinajstić information content (AvgIpc) is 2.58. The summed E-state index contributed by atoms with van der Waals surface area (Å²) in [6, 6.07) is 12.5. The van der Waals surface area contributed by atoms with Crippen LogP contribution in [0.1, 0.15) is 31.3 Å². The molecule has 138 valence electrons. The normalized spacial score (nSPS) is 10.7. The molecule has 2 rings (SSSR count). The van der Waals surface area contributed by atoms with Crippen LogP contribution in [0.25, 0.3) is 0 Å². The van der Waals surface area contributed by atoms with Crippen LogP contribution in [-0.2, 0) is 4.74 Å². The number of hydrogen-bond donors (Lipinski definition) is 2. The zero-order valence-corrected chi connectivity index (χ0v) is 15.1. The summed E-state index contributed by atoms with van der Waals surface area (Å²) in [5, 5.41) is 5.26. The molecule has 2 aromatic rings.